The van der Waals surface area contributed by atoms with E-state index in [1.54, 1.807) is 24.2 Å². The van der Waals surface area contributed by atoms with E-state index in [9.17, 15) is 4.79 Å². The zero-order valence-corrected chi connectivity index (χ0v) is 17.4. The smallest absolute Gasteiger partial charge is 0.257 e. The van der Waals surface area contributed by atoms with Gasteiger partial charge in [0.2, 0.25) is 0 Å². The lowest BCUT2D eigenvalue weighted by atomic mass is 10.1. The largest absolute Gasteiger partial charge is 0.496 e. The summed E-state index contributed by atoms with van der Waals surface area (Å²) in [7, 11) is 1.63. The molecule has 1 atom stereocenters. The molecule has 1 aliphatic heterocycles. The van der Waals surface area contributed by atoms with E-state index in [4.69, 9.17) is 9.47 Å². The Balaban J connectivity index is 1.66. The van der Waals surface area contributed by atoms with Crippen LogP contribution < -0.4 is 14.4 Å². The lowest BCUT2D eigenvalue weighted by Crippen LogP contribution is -2.23. The van der Waals surface area contributed by atoms with Gasteiger partial charge < -0.3 is 9.47 Å². The SMILES string of the molecule is COc1cc2c(cc1/C=C/C(=O)N(c1ccccc1)c1nc(C)cs1)OC(C)C2. The first-order chi connectivity index (χ1) is 14.0. The number of carbonyl (C=O) groups excluding carboxylic acids is 1. The number of nitrogens with zero attached hydrogens (tertiary/aromatic N) is 2. The number of aromatic nitrogens is 1. The molecule has 5 nitrogen and oxygen atoms in total. The second-order valence-corrected chi connectivity index (χ2v) is 7.79. The number of aryl methyl sites for hydroxylation is 1. The van der Waals surface area contributed by atoms with Gasteiger partial charge in [0.1, 0.15) is 17.6 Å². The van der Waals surface area contributed by atoms with Crippen LogP contribution in [0.15, 0.2) is 53.9 Å². The highest BCUT2D eigenvalue weighted by molar-refractivity contribution is 7.14. The fraction of sp³-hybridized carbons (Fsp3) is 0.217. The van der Waals surface area contributed by atoms with Crippen LogP contribution in [0.1, 0.15) is 23.7 Å². The first kappa shape index (κ1) is 19.2. The number of amides is 1. The van der Waals surface area contributed by atoms with Crippen molar-refractivity contribution in [3.8, 4) is 11.5 Å². The summed E-state index contributed by atoms with van der Waals surface area (Å²) in [6, 6.07) is 13.4. The molecule has 3 aromatic rings. The molecule has 1 aliphatic rings. The summed E-state index contributed by atoms with van der Waals surface area (Å²) in [4.78, 5) is 19.3. The van der Waals surface area contributed by atoms with Crippen LogP contribution in [0.4, 0.5) is 10.8 Å². The molecule has 6 heteroatoms. The normalized spacial score (nSPS) is 15.2. The third kappa shape index (κ3) is 4.03. The van der Waals surface area contributed by atoms with Crippen molar-refractivity contribution < 1.29 is 14.3 Å². The number of thiazole rings is 1. The first-order valence-corrected chi connectivity index (χ1v) is 10.3. The van der Waals surface area contributed by atoms with Crippen LogP contribution in [0.25, 0.3) is 6.08 Å². The summed E-state index contributed by atoms with van der Waals surface area (Å²) in [5.74, 6) is 1.39. The highest BCUT2D eigenvalue weighted by Crippen LogP contribution is 2.36. The maximum Gasteiger partial charge on any atom is 0.257 e. The van der Waals surface area contributed by atoms with Crippen LogP contribution in [0.2, 0.25) is 0 Å². The fourth-order valence-electron chi connectivity index (χ4n) is 3.35. The van der Waals surface area contributed by atoms with Gasteiger partial charge in [0.05, 0.1) is 18.5 Å². The standard InChI is InChI=1S/C23H22N2O3S/c1-15-14-29-23(24-15)25(19-7-5-4-6-8-19)22(26)10-9-17-12-21-18(11-16(2)28-21)13-20(17)27-3/h4-10,12-14,16H,11H2,1-3H3/b10-9+. The molecule has 0 bridgehead atoms. The average molecular weight is 407 g/mol. The summed E-state index contributed by atoms with van der Waals surface area (Å²) in [5.41, 5.74) is 3.59. The molecule has 0 saturated carbocycles. The van der Waals surface area contributed by atoms with Crippen LogP contribution in [0, 0.1) is 6.92 Å². The van der Waals surface area contributed by atoms with E-state index in [2.05, 4.69) is 4.98 Å². The Labute approximate surface area is 174 Å². The third-order valence-electron chi connectivity index (χ3n) is 4.69. The van der Waals surface area contributed by atoms with Gasteiger partial charge in [-0.2, -0.15) is 0 Å². The molecule has 0 fully saturated rings. The Bertz CT molecular complexity index is 1060. The number of rotatable bonds is 5. The summed E-state index contributed by atoms with van der Waals surface area (Å²) in [6.45, 7) is 3.96. The molecule has 4 rings (SSSR count). The Morgan fingerprint density at radius 3 is 2.79 bits per heavy atom. The van der Waals surface area contributed by atoms with E-state index >= 15 is 0 Å². The number of anilines is 2. The van der Waals surface area contributed by atoms with Crippen molar-refractivity contribution in [1.82, 2.24) is 4.98 Å². The van der Waals surface area contributed by atoms with Crippen molar-refractivity contribution in [3.63, 3.8) is 0 Å². The number of para-hydroxylation sites is 1. The molecule has 0 N–H and O–H groups in total. The number of benzene rings is 2. The molecule has 0 spiro atoms. The number of hydrogen-bond acceptors (Lipinski definition) is 5. The quantitative estimate of drug-likeness (QED) is 0.549. The number of methoxy groups -OCH3 is 1. The topological polar surface area (TPSA) is 51.7 Å². The van der Waals surface area contributed by atoms with E-state index in [1.165, 1.54) is 11.3 Å². The maximum atomic E-state index is 13.1. The van der Waals surface area contributed by atoms with Gasteiger partial charge >= 0.3 is 0 Å². The molecule has 2 heterocycles. The molecule has 29 heavy (non-hydrogen) atoms. The van der Waals surface area contributed by atoms with E-state index in [1.807, 2.05) is 61.7 Å². The highest BCUT2D eigenvalue weighted by Gasteiger charge is 2.22. The van der Waals surface area contributed by atoms with Gasteiger partial charge in [-0.05, 0) is 44.2 Å². The molecule has 0 radical (unpaired) electrons. The fourth-order valence-corrected chi connectivity index (χ4v) is 4.18. The molecule has 1 aromatic heterocycles. The molecule has 1 unspecified atom stereocenters. The lowest BCUT2D eigenvalue weighted by molar-refractivity contribution is -0.113. The summed E-state index contributed by atoms with van der Waals surface area (Å²) < 4.78 is 11.4. The van der Waals surface area contributed by atoms with E-state index in [0.717, 1.165) is 40.4 Å². The molecular weight excluding hydrogens is 384 g/mol. The first-order valence-electron chi connectivity index (χ1n) is 9.42. The Kier molecular flexibility index (Phi) is 5.36. The van der Waals surface area contributed by atoms with Crippen LogP contribution in [0.3, 0.4) is 0 Å². The Morgan fingerprint density at radius 1 is 1.31 bits per heavy atom. The van der Waals surface area contributed by atoms with Crippen molar-refractivity contribution in [2.75, 3.05) is 12.0 Å². The van der Waals surface area contributed by atoms with Gasteiger partial charge in [-0.15, -0.1) is 11.3 Å². The van der Waals surface area contributed by atoms with Gasteiger partial charge in [-0.25, -0.2) is 4.98 Å². The number of ether oxygens (including phenoxy) is 2. The minimum absolute atomic E-state index is 0.150. The van der Waals surface area contributed by atoms with E-state index < -0.39 is 0 Å². The average Bonchev–Trinajstić information content (AvgIpc) is 3.30. The Hall–Kier alpha value is -3.12. The van der Waals surface area contributed by atoms with Crippen LogP contribution in [-0.4, -0.2) is 24.1 Å². The summed E-state index contributed by atoms with van der Waals surface area (Å²) in [5, 5.41) is 2.58. The summed E-state index contributed by atoms with van der Waals surface area (Å²) >= 11 is 1.44. The predicted octanol–water partition coefficient (Wildman–Crippen LogP) is 5.16. The lowest BCUT2D eigenvalue weighted by Gasteiger charge is -2.18. The van der Waals surface area contributed by atoms with E-state index in [0.29, 0.717) is 5.13 Å². The molecule has 1 amide bonds. The van der Waals surface area contributed by atoms with Gasteiger partial charge in [0.25, 0.3) is 5.91 Å². The highest BCUT2D eigenvalue weighted by atomic mass is 32.1. The Morgan fingerprint density at radius 2 is 2.10 bits per heavy atom. The van der Waals surface area contributed by atoms with Crippen molar-refractivity contribution in [1.29, 1.82) is 0 Å². The van der Waals surface area contributed by atoms with Crippen molar-refractivity contribution in [2.45, 2.75) is 26.4 Å². The number of carbonyl (C=O) groups is 1. The number of hydrogen-bond donors (Lipinski definition) is 0. The molecular formula is C23H22N2O3S. The second-order valence-electron chi connectivity index (χ2n) is 6.95. The van der Waals surface area contributed by atoms with Crippen molar-refractivity contribution in [3.05, 3.63) is 70.7 Å². The molecule has 2 aromatic carbocycles. The van der Waals surface area contributed by atoms with Crippen LogP contribution >= 0.6 is 11.3 Å². The molecule has 148 valence electrons. The monoisotopic (exact) mass is 406 g/mol. The zero-order valence-electron chi connectivity index (χ0n) is 16.6. The maximum absolute atomic E-state index is 13.1. The van der Waals surface area contributed by atoms with Crippen LogP contribution in [-0.2, 0) is 11.2 Å². The second kappa shape index (κ2) is 8.09. The van der Waals surface area contributed by atoms with Gasteiger partial charge in [-0.3, -0.25) is 9.69 Å². The minimum Gasteiger partial charge on any atom is -0.496 e. The minimum atomic E-state index is -0.178. The summed E-state index contributed by atoms with van der Waals surface area (Å²) in [6.07, 6.45) is 4.33. The number of fused-ring (bicyclic) bond motifs is 1. The van der Waals surface area contributed by atoms with Gasteiger partial charge in [-0.1, -0.05) is 18.2 Å². The van der Waals surface area contributed by atoms with Crippen molar-refractivity contribution >= 4 is 34.1 Å². The van der Waals surface area contributed by atoms with Gasteiger partial charge in [0.15, 0.2) is 5.13 Å². The predicted molar refractivity (Wildman–Crippen MR) is 116 cm³/mol. The van der Waals surface area contributed by atoms with Crippen LogP contribution in [0.5, 0.6) is 11.5 Å². The van der Waals surface area contributed by atoms with Crippen molar-refractivity contribution in [2.24, 2.45) is 0 Å². The molecule has 0 saturated heterocycles. The molecule has 0 aliphatic carbocycles. The zero-order chi connectivity index (χ0) is 20.4. The van der Waals surface area contributed by atoms with E-state index in [-0.39, 0.29) is 12.0 Å². The van der Waals surface area contributed by atoms with Gasteiger partial charge in [0, 0.05) is 29.0 Å². The third-order valence-corrected chi connectivity index (χ3v) is 5.63.